The third-order valence-corrected chi connectivity index (χ3v) is 6.12. The van der Waals surface area contributed by atoms with Crippen LogP contribution in [0.15, 0.2) is 71.8 Å². The number of rotatable bonds is 5. The molecule has 2 aromatic carbocycles. The largest absolute Gasteiger partial charge is 0.378 e. The first-order valence-electron chi connectivity index (χ1n) is 11.1. The number of hydrogen-bond acceptors (Lipinski definition) is 6. The summed E-state index contributed by atoms with van der Waals surface area (Å²) in [6.07, 6.45) is 4.54. The fraction of sp³-hybridized carbons (Fsp3) is 0.231. The van der Waals surface area contributed by atoms with Gasteiger partial charge in [0, 0.05) is 41.6 Å². The lowest BCUT2D eigenvalue weighted by Crippen LogP contribution is -2.36. The number of fused-ring (bicyclic) bond motifs is 1. The van der Waals surface area contributed by atoms with Crippen LogP contribution in [-0.2, 0) is 9.53 Å². The van der Waals surface area contributed by atoms with E-state index in [9.17, 15) is 4.79 Å². The lowest BCUT2D eigenvalue weighted by Gasteiger charge is -2.29. The summed E-state index contributed by atoms with van der Waals surface area (Å²) in [5.41, 5.74) is 4.46. The molecule has 2 aliphatic rings. The molecule has 2 aliphatic heterocycles. The zero-order valence-corrected chi connectivity index (χ0v) is 18.8. The number of anilines is 1. The van der Waals surface area contributed by atoms with Gasteiger partial charge < -0.3 is 15.0 Å². The molecule has 1 N–H and O–H groups in total. The van der Waals surface area contributed by atoms with Gasteiger partial charge in [-0.2, -0.15) is 0 Å². The Morgan fingerprint density at radius 2 is 2.03 bits per heavy atom. The molecule has 0 spiro atoms. The minimum Gasteiger partial charge on any atom is -0.378 e. The highest BCUT2D eigenvalue weighted by atomic mass is 19.1. The van der Waals surface area contributed by atoms with Crippen LogP contribution >= 0.6 is 0 Å². The topological polar surface area (TPSA) is 79.7 Å². The standard InChI is InChI=1S/C26H24FN5O2/c1-3-8-28-24-16(2)31-26(33)23(24)17-4-7-21(27)20(13-17)25-19-6-5-18(14-22(19)29-15-30-25)32-9-11-34-12-10-32/h3-8,13-15,23H,1,9-12H2,2H3,(H,31,33)/b28-8-. The number of nitrogens with one attached hydrogen (secondary N) is 1. The summed E-state index contributed by atoms with van der Waals surface area (Å²) in [6.45, 7) is 8.44. The molecule has 1 saturated heterocycles. The number of aromatic nitrogens is 2. The van der Waals surface area contributed by atoms with E-state index >= 15 is 4.39 Å². The van der Waals surface area contributed by atoms with Crippen LogP contribution in [0.3, 0.4) is 0 Å². The normalized spacial score (nSPS) is 18.7. The zero-order valence-electron chi connectivity index (χ0n) is 18.8. The quantitative estimate of drug-likeness (QED) is 0.587. The van der Waals surface area contributed by atoms with Crippen LogP contribution in [0.1, 0.15) is 18.4 Å². The lowest BCUT2D eigenvalue weighted by atomic mass is 9.93. The Kier molecular flexibility index (Phi) is 5.90. The average Bonchev–Trinajstić information content (AvgIpc) is 3.15. The minimum absolute atomic E-state index is 0.200. The van der Waals surface area contributed by atoms with Gasteiger partial charge in [0.15, 0.2) is 0 Å². The van der Waals surface area contributed by atoms with Crippen molar-refractivity contribution in [1.82, 2.24) is 15.3 Å². The molecule has 1 amide bonds. The number of carbonyl (C=O) groups is 1. The summed E-state index contributed by atoms with van der Waals surface area (Å²) >= 11 is 0. The second kappa shape index (κ2) is 9.15. The number of aliphatic imine (C=N–C) groups is 1. The van der Waals surface area contributed by atoms with Crippen molar-refractivity contribution in [2.24, 2.45) is 4.99 Å². The van der Waals surface area contributed by atoms with Gasteiger partial charge in [-0.05, 0) is 42.8 Å². The predicted molar refractivity (Wildman–Crippen MR) is 130 cm³/mol. The van der Waals surface area contributed by atoms with E-state index < -0.39 is 11.7 Å². The van der Waals surface area contributed by atoms with Crippen molar-refractivity contribution in [2.75, 3.05) is 31.2 Å². The Morgan fingerprint density at radius 1 is 1.21 bits per heavy atom. The third kappa shape index (κ3) is 3.97. The predicted octanol–water partition coefficient (Wildman–Crippen LogP) is 3.97. The Morgan fingerprint density at radius 3 is 2.82 bits per heavy atom. The maximum atomic E-state index is 15.1. The molecule has 0 aliphatic carbocycles. The Bertz CT molecular complexity index is 1340. The van der Waals surface area contributed by atoms with Crippen molar-refractivity contribution < 1.29 is 13.9 Å². The Balaban J connectivity index is 1.57. The highest BCUT2D eigenvalue weighted by Gasteiger charge is 2.33. The van der Waals surface area contributed by atoms with Crippen molar-refractivity contribution in [3.05, 3.63) is 78.2 Å². The molecule has 0 saturated carbocycles. The second-order valence-corrected chi connectivity index (χ2v) is 8.21. The maximum absolute atomic E-state index is 15.1. The van der Waals surface area contributed by atoms with Crippen LogP contribution in [0.2, 0.25) is 0 Å². The highest BCUT2D eigenvalue weighted by molar-refractivity contribution is 5.95. The van der Waals surface area contributed by atoms with Gasteiger partial charge in [0.25, 0.3) is 0 Å². The van der Waals surface area contributed by atoms with Gasteiger partial charge in [0.2, 0.25) is 5.91 Å². The zero-order chi connectivity index (χ0) is 23.7. The van der Waals surface area contributed by atoms with Crippen LogP contribution in [-0.4, -0.2) is 48.4 Å². The molecule has 5 rings (SSSR count). The first-order chi connectivity index (χ1) is 16.6. The molecule has 0 radical (unpaired) electrons. The number of morpholine rings is 1. The molecule has 3 heterocycles. The van der Waals surface area contributed by atoms with E-state index in [1.165, 1.54) is 12.4 Å². The molecule has 8 heteroatoms. The molecule has 172 valence electrons. The molecule has 1 unspecified atom stereocenters. The lowest BCUT2D eigenvalue weighted by molar-refractivity contribution is -0.120. The number of amides is 1. The molecular formula is C26H24FN5O2. The average molecular weight is 458 g/mol. The number of benzene rings is 2. The van der Waals surface area contributed by atoms with Crippen molar-refractivity contribution in [3.63, 3.8) is 0 Å². The van der Waals surface area contributed by atoms with E-state index in [1.807, 2.05) is 18.2 Å². The fourth-order valence-electron chi connectivity index (χ4n) is 4.46. The second-order valence-electron chi connectivity index (χ2n) is 8.21. The number of allylic oxidation sites excluding steroid dienone is 2. The summed E-state index contributed by atoms with van der Waals surface area (Å²) in [4.78, 5) is 28.2. The van der Waals surface area contributed by atoms with E-state index in [-0.39, 0.29) is 5.91 Å². The van der Waals surface area contributed by atoms with Gasteiger partial charge >= 0.3 is 0 Å². The van der Waals surface area contributed by atoms with Gasteiger partial charge in [0.1, 0.15) is 18.1 Å². The van der Waals surface area contributed by atoms with Gasteiger partial charge in [-0.25, -0.2) is 14.4 Å². The number of nitrogens with zero attached hydrogens (tertiary/aromatic N) is 4. The fourth-order valence-corrected chi connectivity index (χ4v) is 4.46. The van der Waals surface area contributed by atoms with E-state index in [2.05, 4.69) is 31.8 Å². The highest BCUT2D eigenvalue weighted by Crippen LogP contribution is 2.36. The minimum atomic E-state index is -0.642. The number of hydrogen-bond donors (Lipinski definition) is 1. The van der Waals surface area contributed by atoms with Crippen LogP contribution in [0.5, 0.6) is 0 Å². The first kappa shape index (κ1) is 21.9. The Hall–Kier alpha value is -3.91. The van der Waals surface area contributed by atoms with Crippen LogP contribution in [0.25, 0.3) is 22.2 Å². The van der Waals surface area contributed by atoms with E-state index in [0.717, 1.165) is 29.7 Å². The molecule has 3 aromatic rings. The maximum Gasteiger partial charge on any atom is 0.237 e. The molecule has 1 fully saturated rings. The molecule has 1 aromatic heterocycles. The van der Waals surface area contributed by atoms with E-state index in [1.54, 1.807) is 31.3 Å². The van der Waals surface area contributed by atoms with Gasteiger partial charge in [0.05, 0.1) is 30.1 Å². The van der Waals surface area contributed by atoms with Crippen molar-refractivity contribution >= 4 is 28.7 Å². The van der Waals surface area contributed by atoms with E-state index in [0.29, 0.717) is 41.4 Å². The van der Waals surface area contributed by atoms with Crippen molar-refractivity contribution in [1.29, 1.82) is 0 Å². The molecular weight excluding hydrogens is 433 g/mol. The molecule has 0 bridgehead atoms. The van der Waals surface area contributed by atoms with Crippen LogP contribution in [0, 0.1) is 5.82 Å². The van der Waals surface area contributed by atoms with Gasteiger partial charge in [-0.15, -0.1) is 0 Å². The summed E-state index contributed by atoms with van der Waals surface area (Å²) in [7, 11) is 0. The van der Waals surface area contributed by atoms with Gasteiger partial charge in [-0.1, -0.05) is 18.7 Å². The third-order valence-electron chi connectivity index (χ3n) is 6.12. The first-order valence-corrected chi connectivity index (χ1v) is 11.1. The summed E-state index contributed by atoms with van der Waals surface area (Å²) in [6, 6.07) is 10.6. The number of ether oxygens (including phenoxy) is 1. The summed E-state index contributed by atoms with van der Waals surface area (Å²) < 4.78 is 20.5. The van der Waals surface area contributed by atoms with Crippen LogP contribution in [0.4, 0.5) is 10.1 Å². The molecule has 34 heavy (non-hydrogen) atoms. The summed E-state index contributed by atoms with van der Waals surface area (Å²) in [5.74, 6) is -1.26. The number of carbonyl (C=O) groups excluding carboxylic acids is 1. The molecule has 7 nitrogen and oxygen atoms in total. The summed E-state index contributed by atoms with van der Waals surface area (Å²) in [5, 5.41) is 3.56. The van der Waals surface area contributed by atoms with Crippen LogP contribution < -0.4 is 10.2 Å². The number of halogens is 1. The van der Waals surface area contributed by atoms with Gasteiger partial charge in [-0.3, -0.25) is 9.79 Å². The van der Waals surface area contributed by atoms with Crippen molar-refractivity contribution in [3.8, 4) is 11.3 Å². The SMILES string of the molecule is C=C/C=N\C1=C(C)NC(=O)C1c1ccc(F)c(-c2ncnc3cc(N4CCOCC4)ccc23)c1. The van der Waals surface area contributed by atoms with E-state index in [4.69, 9.17) is 4.74 Å². The van der Waals surface area contributed by atoms with Crippen molar-refractivity contribution in [2.45, 2.75) is 12.8 Å². The Labute approximate surface area is 196 Å². The monoisotopic (exact) mass is 457 g/mol. The smallest absolute Gasteiger partial charge is 0.237 e. The molecule has 1 atom stereocenters.